The lowest BCUT2D eigenvalue weighted by Crippen LogP contribution is -2.37. The molecule has 0 saturated carbocycles. The predicted octanol–water partition coefficient (Wildman–Crippen LogP) is 3.03. The Kier molecular flexibility index (Phi) is 4.55. The first-order valence-electron chi connectivity index (χ1n) is 9.27. The van der Waals surface area contributed by atoms with E-state index in [1.165, 1.54) is 0 Å². The SMILES string of the molecule is COc1ccc2c(c1)cc(C(=O)N[C@H]1CC(=O)N(c3cccc(C)c3)C1)n2C. The minimum absolute atomic E-state index is 0.0256. The number of amides is 2. The topological polar surface area (TPSA) is 63.6 Å². The van der Waals surface area contributed by atoms with Gasteiger partial charge in [-0.25, -0.2) is 0 Å². The number of benzene rings is 2. The lowest BCUT2D eigenvalue weighted by molar-refractivity contribution is -0.117. The number of rotatable bonds is 4. The van der Waals surface area contributed by atoms with Crippen LogP contribution in [0, 0.1) is 6.92 Å². The Balaban J connectivity index is 1.52. The number of anilines is 1. The van der Waals surface area contributed by atoms with Crippen molar-refractivity contribution >= 4 is 28.4 Å². The second-order valence-corrected chi connectivity index (χ2v) is 7.23. The molecule has 1 saturated heterocycles. The molecule has 1 fully saturated rings. The first-order chi connectivity index (χ1) is 13.5. The van der Waals surface area contributed by atoms with Crippen LogP contribution in [-0.2, 0) is 11.8 Å². The summed E-state index contributed by atoms with van der Waals surface area (Å²) in [5.41, 5.74) is 3.49. The largest absolute Gasteiger partial charge is 0.497 e. The molecule has 2 aromatic carbocycles. The van der Waals surface area contributed by atoms with Crippen LogP contribution in [-0.4, -0.2) is 36.1 Å². The molecule has 144 valence electrons. The molecule has 6 heteroatoms. The molecule has 4 rings (SSSR count). The number of nitrogens with one attached hydrogen (secondary N) is 1. The van der Waals surface area contributed by atoms with Crippen molar-refractivity contribution in [3.05, 3.63) is 59.8 Å². The quantitative estimate of drug-likeness (QED) is 0.760. The first kappa shape index (κ1) is 18.1. The second-order valence-electron chi connectivity index (χ2n) is 7.23. The Morgan fingerprint density at radius 2 is 2.00 bits per heavy atom. The number of hydrogen-bond acceptors (Lipinski definition) is 3. The van der Waals surface area contributed by atoms with Gasteiger partial charge in [0.2, 0.25) is 5.91 Å². The number of carbonyl (C=O) groups excluding carboxylic acids is 2. The molecule has 3 aromatic rings. The van der Waals surface area contributed by atoms with Crippen LogP contribution in [0.2, 0.25) is 0 Å². The Morgan fingerprint density at radius 1 is 1.18 bits per heavy atom. The van der Waals surface area contributed by atoms with Gasteiger partial charge >= 0.3 is 0 Å². The van der Waals surface area contributed by atoms with E-state index in [4.69, 9.17) is 4.74 Å². The lowest BCUT2D eigenvalue weighted by atomic mass is 10.2. The lowest BCUT2D eigenvalue weighted by Gasteiger charge is -2.18. The van der Waals surface area contributed by atoms with Crippen molar-refractivity contribution in [3.8, 4) is 5.75 Å². The summed E-state index contributed by atoms with van der Waals surface area (Å²) in [6.07, 6.45) is 0.303. The number of aryl methyl sites for hydroxylation is 2. The molecule has 1 aliphatic rings. The second kappa shape index (κ2) is 7.03. The standard InChI is InChI=1S/C22H23N3O3/c1-14-5-4-6-17(9-14)25-13-16(12-21(25)26)23-22(27)20-11-15-10-18(28-3)7-8-19(15)24(20)2/h4-11,16H,12-13H2,1-3H3,(H,23,27)/t16-/m0/s1. The minimum Gasteiger partial charge on any atom is -0.497 e. The van der Waals surface area contributed by atoms with E-state index in [-0.39, 0.29) is 17.9 Å². The normalized spacial score (nSPS) is 16.6. The highest BCUT2D eigenvalue weighted by Gasteiger charge is 2.32. The first-order valence-corrected chi connectivity index (χ1v) is 9.27. The van der Waals surface area contributed by atoms with Crippen LogP contribution in [0.15, 0.2) is 48.5 Å². The van der Waals surface area contributed by atoms with E-state index in [9.17, 15) is 9.59 Å². The third-order valence-corrected chi connectivity index (χ3v) is 5.26. The number of carbonyl (C=O) groups is 2. The summed E-state index contributed by atoms with van der Waals surface area (Å²) < 4.78 is 7.12. The average Bonchev–Trinajstić information content (AvgIpc) is 3.21. The van der Waals surface area contributed by atoms with Crippen LogP contribution in [0.25, 0.3) is 10.9 Å². The fraction of sp³-hybridized carbons (Fsp3) is 0.273. The maximum absolute atomic E-state index is 12.9. The van der Waals surface area contributed by atoms with Gasteiger partial charge in [-0.2, -0.15) is 0 Å². The van der Waals surface area contributed by atoms with E-state index in [0.717, 1.165) is 27.9 Å². The summed E-state index contributed by atoms with van der Waals surface area (Å²) in [5, 5.41) is 3.96. The number of ether oxygens (including phenoxy) is 1. The summed E-state index contributed by atoms with van der Waals surface area (Å²) in [4.78, 5) is 27.0. The summed E-state index contributed by atoms with van der Waals surface area (Å²) in [7, 11) is 3.48. The fourth-order valence-electron chi connectivity index (χ4n) is 3.78. The molecular formula is C22H23N3O3. The third-order valence-electron chi connectivity index (χ3n) is 5.26. The van der Waals surface area contributed by atoms with Crippen molar-refractivity contribution in [1.82, 2.24) is 9.88 Å². The summed E-state index contributed by atoms with van der Waals surface area (Å²) in [6.45, 7) is 2.48. The molecule has 0 bridgehead atoms. The van der Waals surface area contributed by atoms with Crippen molar-refractivity contribution in [1.29, 1.82) is 0 Å². The Morgan fingerprint density at radius 3 is 2.75 bits per heavy atom. The highest BCUT2D eigenvalue weighted by atomic mass is 16.5. The number of aromatic nitrogens is 1. The molecule has 0 radical (unpaired) electrons. The fourth-order valence-corrected chi connectivity index (χ4v) is 3.78. The minimum atomic E-state index is -0.215. The van der Waals surface area contributed by atoms with Gasteiger partial charge in [0.15, 0.2) is 0 Å². The van der Waals surface area contributed by atoms with Crippen molar-refractivity contribution in [2.24, 2.45) is 7.05 Å². The Bertz CT molecular complexity index is 1070. The van der Waals surface area contributed by atoms with E-state index in [1.807, 2.05) is 67.1 Å². The van der Waals surface area contributed by atoms with Gasteiger partial charge in [-0.3, -0.25) is 9.59 Å². The van der Waals surface area contributed by atoms with Crippen molar-refractivity contribution < 1.29 is 14.3 Å². The van der Waals surface area contributed by atoms with Crippen LogP contribution in [0.1, 0.15) is 22.5 Å². The molecule has 1 N–H and O–H groups in total. The van der Waals surface area contributed by atoms with Crippen LogP contribution in [0.3, 0.4) is 0 Å². The van der Waals surface area contributed by atoms with Crippen molar-refractivity contribution in [3.63, 3.8) is 0 Å². The zero-order valence-corrected chi connectivity index (χ0v) is 16.2. The van der Waals surface area contributed by atoms with E-state index in [2.05, 4.69) is 5.32 Å². The number of nitrogens with zero attached hydrogens (tertiary/aromatic N) is 2. The predicted molar refractivity (Wildman–Crippen MR) is 109 cm³/mol. The molecule has 0 aliphatic carbocycles. The van der Waals surface area contributed by atoms with Crippen LogP contribution in [0.5, 0.6) is 5.75 Å². The number of methoxy groups -OCH3 is 1. The molecule has 28 heavy (non-hydrogen) atoms. The zero-order chi connectivity index (χ0) is 19.8. The van der Waals surface area contributed by atoms with Gasteiger partial charge in [0.05, 0.1) is 13.2 Å². The molecule has 1 aromatic heterocycles. The van der Waals surface area contributed by atoms with Gasteiger partial charge in [-0.15, -0.1) is 0 Å². The van der Waals surface area contributed by atoms with E-state index in [0.29, 0.717) is 18.7 Å². The molecule has 2 amide bonds. The molecule has 0 spiro atoms. The van der Waals surface area contributed by atoms with Crippen LogP contribution >= 0.6 is 0 Å². The summed E-state index contributed by atoms with van der Waals surface area (Å²) >= 11 is 0. The van der Waals surface area contributed by atoms with Crippen LogP contribution < -0.4 is 15.0 Å². The smallest absolute Gasteiger partial charge is 0.268 e. The third kappa shape index (κ3) is 3.22. The van der Waals surface area contributed by atoms with Gasteiger partial charge in [0.1, 0.15) is 11.4 Å². The average molecular weight is 377 g/mol. The highest BCUT2D eigenvalue weighted by molar-refractivity contribution is 6.01. The maximum atomic E-state index is 12.9. The molecule has 1 atom stereocenters. The van der Waals surface area contributed by atoms with E-state index >= 15 is 0 Å². The van der Waals surface area contributed by atoms with Crippen molar-refractivity contribution in [2.45, 2.75) is 19.4 Å². The van der Waals surface area contributed by atoms with Crippen molar-refractivity contribution in [2.75, 3.05) is 18.6 Å². The molecule has 6 nitrogen and oxygen atoms in total. The zero-order valence-electron chi connectivity index (χ0n) is 16.2. The van der Waals surface area contributed by atoms with E-state index < -0.39 is 0 Å². The molecular weight excluding hydrogens is 354 g/mol. The van der Waals surface area contributed by atoms with Gasteiger partial charge in [0, 0.05) is 36.6 Å². The number of fused-ring (bicyclic) bond motifs is 1. The molecule has 2 heterocycles. The van der Waals surface area contributed by atoms with Gasteiger partial charge in [0.25, 0.3) is 5.91 Å². The van der Waals surface area contributed by atoms with Gasteiger partial charge in [-0.1, -0.05) is 12.1 Å². The molecule has 0 unspecified atom stereocenters. The summed E-state index contributed by atoms with van der Waals surface area (Å²) in [5.74, 6) is 0.597. The maximum Gasteiger partial charge on any atom is 0.268 e. The van der Waals surface area contributed by atoms with Crippen LogP contribution in [0.4, 0.5) is 5.69 Å². The van der Waals surface area contributed by atoms with E-state index in [1.54, 1.807) is 12.0 Å². The highest BCUT2D eigenvalue weighted by Crippen LogP contribution is 2.25. The molecule has 1 aliphatic heterocycles. The summed E-state index contributed by atoms with van der Waals surface area (Å²) in [6, 6.07) is 15.2. The monoisotopic (exact) mass is 377 g/mol. The van der Waals surface area contributed by atoms with Gasteiger partial charge < -0.3 is 19.5 Å². The number of hydrogen-bond donors (Lipinski definition) is 1. The van der Waals surface area contributed by atoms with Gasteiger partial charge in [-0.05, 0) is 48.9 Å². The Hall–Kier alpha value is -3.28. The Labute approximate surface area is 163 Å².